The average molecular weight is 273 g/mol. The lowest BCUT2D eigenvalue weighted by atomic mass is 9.81. The molecular weight excluding hydrogens is 242 g/mol. The Hall–Kier alpha value is -0.820. The Morgan fingerprint density at radius 1 is 0.900 bits per heavy atom. The molecule has 1 aromatic rings. The van der Waals surface area contributed by atoms with Gasteiger partial charge in [-0.1, -0.05) is 31.7 Å². The Bertz CT molecular complexity index is 427. The molecule has 0 heterocycles. The van der Waals surface area contributed by atoms with E-state index in [0.29, 0.717) is 6.04 Å². The Kier molecular flexibility index (Phi) is 5.26. The van der Waals surface area contributed by atoms with Crippen molar-refractivity contribution in [2.24, 2.45) is 5.92 Å². The molecule has 1 heteroatoms. The highest BCUT2D eigenvalue weighted by Crippen LogP contribution is 2.37. The van der Waals surface area contributed by atoms with Crippen molar-refractivity contribution in [2.75, 3.05) is 7.05 Å². The van der Waals surface area contributed by atoms with Crippen LogP contribution in [0.25, 0.3) is 0 Å². The van der Waals surface area contributed by atoms with Crippen LogP contribution in [-0.4, -0.2) is 7.05 Å². The molecular formula is C19H31N. The summed E-state index contributed by atoms with van der Waals surface area (Å²) in [6.45, 7) is 9.12. The summed E-state index contributed by atoms with van der Waals surface area (Å²) in [5.41, 5.74) is 7.46. The molecule has 112 valence electrons. The third-order valence-corrected chi connectivity index (χ3v) is 5.42. The summed E-state index contributed by atoms with van der Waals surface area (Å²) in [5, 5.41) is 3.65. The maximum absolute atomic E-state index is 3.65. The van der Waals surface area contributed by atoms with Crippen LogP contribution in [0.4, 0.5) is 0 Å². The normalized spacial score (nSPS) is 18.9. The van der Waals surface area contributed by atoms with Crippen LogP contribution in [0, 0.1) is 33.6 Å². The van der Waals surface area contributed by atoms with Crippen LogP contribution in [0.3, 0.4) is 0 Å². The third-order valence-electron chi connectivity index (χ3n) is 5.42. The molecule has 0 saturated heterocycles. The van der Waals surface area contributed by atoms with Crippen molar-refractivity contribution in [3.8, 4) is 0 Å². The Labute approximate surface area is 125 Å². The minimum absolute atomic E-state index is 0.534. The van der Waals surface area contributed by atoms with E-state index in [2.05, 4.69) is 46.1 Å². The minimum atomic E-state index is 0.534. The number of aryl methyl sites for hydroxylation is 2. The van der Waals surface area contributed by atoms with Crippen molar-refractivity contribution in [3.63, 3.8) is 0 Å². The van der Waals surface area contributed by atoms with E-state index < -0.39 is 0 Å². The molecule has 0 amide bonds. The second-order valence-corrected chi connectivity index (χ2v) is 6.69. The van der Waals surface area contributed by atoms with Gasteiger partial charge in [0.2, 0.25) is 0 Å². The monoisotopic (exact) mass is 273 g/mol. The number of hydrogen-bond donors (Lipinski definition) is 1. The van der Waals surface area contributed by atoms with Gasteiger partial charge in [-0.15, -0.1) is 0 Å². The van der Waals surface area contributed by atoms with Gasteiger partial charge in [-0.2, -0.15) is 0 Å². The molecule has 1 atom stereocenters. The zero-order valence-corrected chi connectivity index (χ0v) is 14.0. The summed E-state index contributed by atoms with van der Waals surface area (Å²) in [5.74, 6) is 0.807. The lowest BCUT2D eigenvalue weighted by Gasteiger charge is -2.30. The SMILES string of the molecule is CNC(c1c(C)c(C)cc(C)c1C)C1CCCCCC1. The highest BCUT2D eigenvalue weighted by Gasteiger charge is 2.26. The molecule has 1 aromatic carbocycles. The van der Waals surface area contributed by atoms with Gasteiger partial charge in [-0.3, -0.25) is 0 Å². The Balaban J connectivity index is 2.40. The summed E-state index contributed by atoms with van der Waals surface area (Å²) in [6, 6.07) is 2.88. The first-order valence-electron chi connectivity index (χ1n) is 8.30. The number of rotatable bonds is 3. The molecule has 0 spiro atoms. The maximum Gasteiger partial charge on any atom is 0.0351 e. The summed E-state index contributed by atoms with van der Waals surface area (Å²) < 4.78 is 0. The first-order valence-corrected chi connectivity index (χ1v) is 8.30. The molecule has 0 aliphatic heterocycles. The van der Waals surface area contributed by atoms with Gasteiger partial charge in [-0.25, -0.2) is 0 Å². The van der Waals surface area contributed by atoms with Gasteiger partial charge in [-0.05, 0) is 81.3 Å². The largest absolute Gasteiger partial charge is 0.313 e. The third kappa shape index (κ3) is 3.09. The highest BCUT2D eigenvalue weighted by atomic mass is 14.9. The predicted octanol–water partition coefficient (Wildman–Crippen LogP) is 5.15. The van der Waals surface area contributed by atoms with Crippen molar-refractivity contribution in [2.45, 2.75) is 72.3 Å². The number of nitrogens with one attached hydrogen (secondary N) is 1. The first kappa shape index (κ1) is 15.6. The fourth-order valence-corrected chi connectivity index (χ4v) is 3.97. The average Bonchev–Trinajstić information content (AvgIpc) is 2.70. The van der Waals surface area contributed by atoms with E-state index >= 15 is 0 Å². The Morgan fingerprint density at radius 3 is 1.85 bits per heavy atom. The lowest BCUT2D eigenvalue weighted by molar-refractivity contribution is 0.339. The van der Waals surface area contributed by atoms with Crippen molar-refractivity contribution >= 4 is 0 Å². The fraction of sp³-hybridized carbons (Fsp3) is 0.684. The van der Waals surface area contributed by atoms with Crippen LogP contribution in [0.15, 0.2) is 6.07 Å². The second-order valence-electron chi connectivity index (χ2n) is 6.69. The summed E-state index contributed by atoms with van der Waals surface area (Å²) in [6.07, 6.45) is 8.45. The lowest BCUT2D eigenvalue weighted by Crippen LogP contribution is -2.27. The van der Waals surface area contributed by atoms with Crippen LogP contribution < -0.4 is 5.32 Å². The van der Waals surface area contributed by atoms with Crippen LogP contribution in [0.5, 0.6) is 0 Å². The van der Waals surface area contributed by atoms with Gasteiger partial charge in [0.1, 0.15) is 0 Å². The quantitative estimate of drug-likeness (QED) is 0.751. The van der Waals surface area contributed by atoms with E-state index in [1.807, 2.05) is 0 Å². The van der Waals surface area contributed by atoms with E-state index in [1.165, 1.54) is 60.8 Å². The van der Waals surface area contributed by atoms with Crippen molar-refractivity contribution in [3.05, 3.63) is 33.9 Å². The summed E-state index contributed by atoms with van der Waals surface area (Å²) >= 11 is 0. The Morgan fingerprint density at radius 2 is 1.40 bits per heavy atom. The topological polar surface area (TPSA) is 12.0 Å². The van der Waals surface area contributed by atoms with Gasteiger partial charge in [0.25, 0.3) is 0 Å². The van der Waals surface area contributed by atoms with Crippen LogP contribution in [0.2, 0.25) is 0 Å². The summed E-state index contributed by atoms with van der Waals surface area (Å²) in [7, 11) is 2.14. The van der Waals surface area contributed by atoms with E-state index in [4.69, 9.17) is 0 Å². The zero-order chi connectivity index (χ0) is 14.7. The molecule has 1 unspecified atom stereocenters. The minimum Gasteiger partial charge on any atom is -0.313 e. The summed E-state index contributed by atoms with van der Waals surface area (Å²) in [4.78, 5) is 0. The molecule has 1 nitrogen and oxygen atoms in total. The fourth-order valence-electron chi connectivity index (χ4n) is 3.97. The maximum atomic E-state index is 3.65. The molecule has 0 bridgehead atoms. The number of hydrogen-bond acceptors (Lipinski definition) is 1. The van der Waals surface area contributed by atoms with Gasteiger partial charge < -0.3 is 5.32 Å². The van der Waals surface area contributed by atoms with E-state index in [0.717, 1.165) is 5.92 Å². The second kappa shape index (κ2) is 6.76. The van der Waals surface area contributed by atoms with Crippen molar-refractivity contribution in [1.29, 1.82) is 0 Å². The molecule has 2 rings (SSSR count). The van der Waals surface area contributed by atoms with E-state index in [-0.39, 0.29) is 0 Å². The molecule has 1 fully saturated rings. The van der Waals surface area contributed by atoms with Crippen LogP contribution in [0.1, 0.15) is 72.4 Å². The van der Waals surface area contributed by atoms with Crippen LogP contribution in [-0.2, 0) is 0 Å². The van der Waals surface area contributed by atoms with Crippen LogP contribution >= 0.6 is 0 Å². The molecule has 0 radical (unpaired) electrons. The van der Waals surface area contributed by atoms with E-state index in [9.17, 15) is 0 Å². The number of benzene rings is 1. The van der Waals surface area contributed by atoms with Gasteiger partial charge in [0.15, 0.2) is 0 Å². The van der Waals surface area contributed by atoms with Gasteiger partial charge in [0, 0.05) is 6.04 Å². The highest BCUT2D eigenvalue weighted by molar-refractivity contribution is 5.46. The smallest absolute Gasteiger partial charge is 0.0351 e. The predicted molar refractivity (Wildman–Crippen MR) is 88.4 cm³/mol. The first-order chi connectivity index (χ1) is 9.56. The molecule has 0 aromatic heterocycles. The molecule has 1 N–H and O–H groups in total. The molecule has 1 aliphatic carbocycles. The molecule has 1 saturated carbocycles. The molecule has 1 aliphatic rings. The van der Waals surface area contributed by atoms with E-state index in [1.54, 1.807) is 5.56 Å². The van der Waals surface area contributed by atoms with Crippen molar-refractivity contribution < 1.29 is 0 Å². The zero-order valence-electron chi connectivity index (χ0n) is 14.0. The van der Waals surface area contributed by atoms with Gasteiger partial charge in [0.05, 0.1) is 0 Å². The van der Waals surface area contributed by atoms with Crippen molar-refractivity contribution in [1.82, 2.24) is 5.32 Å². The van der Waals surface area contributed by atoms with Gasteiger partial charge >= 0.3 is 0 Å². The molecule has 20 heavy (non-hydrogen) atoms. The standard InChI is InChI=1S/C19H31N/c1-13-12-14(2)16(4)18(15(13)3)19(20-5)17-10-8-6-7-9-11-17/h12,17,19-20H,6-11H2,1-5H3.